The Hall–Kier alpha value is -1.59. The molecular formula is C15H19N3O2. The summed E-state index contributed by atoms with van der Waals surface area (Å²) in [6.07, 6.45) is 5.52. The van der Waals surface area contributed by atoms with Crippen molar-refractivity contribution in [3.05, 3.63) is 30.2 Å². The van der Waals surface area contributed by atoms with Crippen molar-refractivity contribution >= 4 is 0 Å². The van der Waals surface area contributed by atoms with E-state index < -0.39 is 0 Å². The van der Waals surface area contributed by atoms with Crippen LogP contribution in [0.25, 0.3) is 11.5 Å². The highest BCUT2D eigenvalue weighted by Gasteiger charge is 2.29. The molecule has 106 valence electrons. The standard InChI is InChI=1S/C15H19N3O2/c1-2-14(19-7-1)15-8-13(17-20-15)10-18-6-5-11-3-4-12(9-18)16-11/h1-2,7-8,11-12,16H,3-6,9-10H2. The lowest BCUT2D eigenvalue weighted by Gasteiger charge is -2.22. The normalized spacial score (nSPS) is 26.8. The minimum atomic E-state index is 0.652. The van der Waals surface area contributed by atoms with Crippen LogP contribution in [0.15, 0.2) is 33.4 Å². The number of aromatic nitrogens is 1. The van der Waals surface area contributed by atoms with Crippen LogP contribution in [0.4, 0.5) is 0 Å². The van der Waals surface area contributed by atoms with Crippen LogP contribution in [0.1, 0.15) is 25.0 Å². The number of nitrogens with zero attached hydrogens (tertiary/aromatic N) is 2. The van der Waals surface area contributed by atoms with Crippen molar-refractivity contribution in [2.45, 2.75) is 37.9 Å². The van der Waals surface area contributed by atoms with Gasteiger partial charge in [-0.1, -0.05) is 5.16 Å². The van der Waals surface area contributed by atoms with Crippen LogP contribution in [-0.2, 0) is 6.54 Å². The molecule has 4 rings (SSSR count). The molecule has 5 heteroatoms. The number of hydrogen-bond donors (Lipinski definition) is 1. The lowest BCUT2D eigenvalue weighted by molar-refractivity contribution is 0.243. The zero-order valence-electron chi connectivity index (χ0n) is 11.4. The van der Waals surface area contributed by atoms with E-state index in [1.54, 1.807) is 6.26 Å². The van der Waals surface area contributed by atoms with Crippen molar-refractivity contribution in [3.63, 3.8) is 0 Å². The highest BCUT2D eigenvalue weighted by molar-refractivity contribution is 5.49. The van der Waals surface area contributed by atoms with Gasteiger partial charge in [0.15, 0.2) is 5.76 Å². The summed E-state index contributed by atoms with van der Waals surface area (Å²) in [5, 5.41) is 7.86. The van der Waals surface area contributed by atoms with Crippen LogP contribution in [0.2, 0.25) is 0 Å². The van der Waals surface area contributed by atoms with E-state index in [0.717, 1.165) is 37.1 Å². The van der Waals surface area contributed by atoms with Gasteiger partial charge in [-0.3, -0.25) is 4.90 Å². The number of rotatable bonds is 3. The van der Waals surface area contributed by atoms with Gasteiger partial charge in [-0.25, -0.2) is 0 Å². The van der Waals surface area contributed by atoms with Gasteiger partial charge in [0.1, 0.15) is 0 Å². The predicted molar refractivity (Wildman–Crippen MR) is 74.0 cm³/mol. The molecule has 2 atom stereocenters. The Bertz CT molecular complexity index is 563. The van der Waals surface area contributed by atoms with Crippen molar-refractivity contribution in [1.29, 1.82) is 0 Å². The summed E-state index contributed by atoms with van der Waals surface area (Å²) in [5.74, 6) is 1.44. The molecule has 5 nitrogen and oxygen atoms in total. The highest BCUT2D eigenvalue weighted by atomic mass is 16.5. The largest absolute Gasteiger partial charge is 0.461 e. The molecule has 2 aliphatic rings. The first kappa shape index (κ1) is 12.2. The zero-order valence-corrected chi connectivity index (χ0v) is 11.4. The summed E-state index contributed by atoms with van der Waals surface area (Å²) in [4.78, 5) is 2.47. The molecule has 2 aliphatic heterocycles. The third kappa shape index (κ3) is 2.39. The average molecular weight is 273 g/mol. The number of hydrogen-bond acceptors (Lipinski definition) is 5. The fourth-order valence-corrected chi connectivity index (χ4v) is 3.31. The molecule has 2 aromatic heterocycles. The van der Waals surface area contributed by atoms with Crippen molar-refractivity contribution in [2.75, 3.05) is 13.1 Å². The third-order valence-corrected chi connectivity index (χ3v) is 4.32. The summed E-state index contributed by atoms with van der Waals surface area (Å²) < 4.78 is 10.7. The maximum atomic E-state index is 5.36. The van der Waals surface area contributed by atoms with Crippen LogP contribution < -0.4 is 5.32 Å². The van der Waals surface area contributed by atoms with Crippen LogP contribution in [0, 0.1) is 0 Å². The second-order valence-electron chi connectivity index (χ2n) is 5.82. The first-order chi connectivity index (χ1) is 9.87. The van der Waals surface area contributed by atoms with Gasteiger partial charge in [0.2, 0.25) is 5.76 Å². The Morgan fingerprint density at radius 1 is 1.25 bits per heavy atom. The van der Waals surface area contributed by atoms with E-state index in [-0.39, 0.29) is 0 Å². The molecule has 2 bridgehead atoms. The average Bonchev–Trinajstić information content (AvgIpc) is 3.13. The number of furan rings is 1. The van der Waals surface area contributed by atoms with Gasteiger partial charge in [0, 0.05) is 37.8 Å². The molecule has 0 aliphatic carbocycles. The molecule has 2 aromatic rings. The van der Waals surface area contributed by atoms with Gasteiger partial charge in [0.05, 0.1) is 12.0 Å². The maximum absolute atomic E-state index is 5.36. The number of nitrogens with one attached hydrogen (secondary N) is 1. The van der Waals surface area contributed by atoms with E-state index in [0.29, 0.717) is 11.8 Å². The minimum Gasteiger partial charge on any atom is -0.461 e. The monoisotopic (exact) mass is 273 g/mol. The van der Waals surface area contributed by atoms with E-state index in [1.165, 1.54) is 19.3 Å². The fourth-order valence-electron chi connectivity index (χ4n) is 3.31. The Kier molecular flexibility index (Phi) is 3.09. The summed E-state index contributed by atoms with van der Waals surface area (Å²) in [5.41, 5.74) is 0.981. The zero-order chi connectivity index (χ0) is 13.4. The van der Waals surface area contributed by atoms with Crippen molar-refractivity contribution in [2.24, 2.45) is 0 Å². The topological polar surface area (TPSA) is 54.4 Å². The second-order valence-corrected chi connectivity index (χ2v) is 5.82. The molecule has 2 saturated heterocycles. The van der Waals surface area contributed by atoms with E-state index in [4.69, 9.17) is 8.94 Å². The molecule has 0 radical (unpaired) electrons. The summed E-state index contributed by atoms with van der Waals surface area (Å²) in [6, 6.07) is 7.10. The van der Waals surface area contributed by atoms with Gasteiger partial charge in [-0.15, -0.1) is 0 Å². The van der Waals surface area contributed by atoms with Crippen LogP contribution in [-0.4, -0.2) is 35.2 Å². The Morgan fingerprint density at radius 3 is 3.10 bits per heavy atom. The fraction of sp³-hybridized carbons (Fsp3) is 0.533. The van der Waals surface area contributed by atoms with Crippen molar-refractivity contribution in [1.82, 2.24) is 15.4 Å². The molecule has 20 heavy (non-hydrogen) atoms. The van der Waals surface area contributed by atoms with E-state index in [2.05, 4.69) is 15.4 Å². The lowest BCUT2D eigenvalue weighted by Crippen LogP contribution is -2.35. The van der Waals surface area contributed by atoms with E-state index in [9.17, 15) is 0 Å². The highest BCUT2D eigenvalue weighted by Crippen LogP contribution is 2.24. The number of likely N-dealkylation sites (tertiary alicyclic amines) is 1. The molecule has 4 heterocycles. The third-order valence-electron chi connectivity index (χ3n) is 4.32. The molecule has 0 aromatic carbocycles. The Labute approximate surface area is 117 Å². The molecule has 0 spiro atoms. The molecule has 0 amide bonds. The van der Waals surface area contributed by atoms with Crippen LogP contribution in [0.3, 0.4) is 0 Å². The lowest BCUT2D eigenvalue weighted by atomic mass is 10.1. The SMILES string of the molecule is c1coc(-c2cc(CN3CCC4CCC(C3)N4)no2)c1. The maximum Gasteiger partial charge on any atom is 0.202 e. The first-order valence-electron chi connectivity index (χ1n) is 7.35. The summed E-state index contributed by atoms with van der Waals surface area (Å²) >= 11 is 0. The quantitative estimate of drug-likeness (QED) is 0.929. The number of fused-ring (bicyclic) bond motifs is 2. The summed E-state index contributed by atoms with van der Waals surface area (Å²) in [6.45, 7) is 3.10. The molecule has 1 N–H and O–H groups in total. The second kappa shape index (κ2) is 5.07. The minimum absolute atomic E-state index is 0.652. The van der Waals surface area contributed by atoms with Crippen molar-refractivity contribution in [3.8, 4) is 11.5 Å². The summed E-state index contributed by atoms with van der Waals surface area (Å²) in [7, 11) is 0. The first-order valence-corrected chi connectivity index (χ1v) is 7.35. The van der Waals surface area contributed by atoms with Gasteiger partial charge < -0.3 is 14.3 Å². The molecule has 2 unspecified atom stereocenters. The molecule has 2 fully saturated rings. The van der Waals surface area contributed by atoms with Crippen LogP contribution >= 0.6 is 0 Å². The van der Waals surface area contributed by atoms with Gasteiger partial charge in [-0.2, -0.15) is 0 Å². The Morgan fingerprint density at radius 2 is 2.20 bits per heavy atom. The van der Waals surface area contributed by atoms with E-state index >= 15 is 0 Å². The van der Waals surface area contributed by atoms with E-state index in [1.807, 2.05) is 18.2 Å². The van der Waals surface area contributed by atoms with Crippen molar-refractivity contribution < 1.29 is 8.94 Å². The predicted octanol–water partition coefficient (Wildman–Crippen LogP) is 2.26. The van der Waals surface area contributed by atoms with Gasteiger partial charge in [-0.05, 0) is 31.4 Å². The molecular weight excluding hydrogens is 254 g/mol. The van der Waals surface area contributed by atoms with Gasteiger partial charge >= 0.3 is 0 Å². The molecule has 0 saturated carbocycles. The van der Waals surface area contributed by atoms with Gasteiger partial charge in [0.25, 0.3) is 0 Å². The van der Waals surface area contributed by atoms with Crippen LogP contribution in [0.5, 0.6) is 0 Å². The Balaban J connectivity index is 1.44. The smallest absolute Gasteiger partial charge is 0.202 e.